The standard InChI is InChI=1S/C9H12Cl2N2O2S/c1-7(5-10)6-16(14,15)13-9-8(11)3-2-4-12-9/h2-4,7H,5-6H2,1H3,(H,12,13). The van der Waals surface area contributed by atoms with Gasteiger partial charge in [-0.3, -0.25) is 4.72 Å². The molecule has 0 fully saturated rings. The van der Waals surface area contributed by atoms with Gasteiger partial charge >= 0.3 is 0 Å². The van der Waals surface area contributed by atoms with Crippen molar-refractivity contribution in [2.45, 2.75) is 6.92 Å². The second-order valence-corrected chi connectivity index (χ2v) is 5.96. The molecule has 0 aromatic carbocycles. The summed E-state index contributed by atoms with van der Waals surface area (Å²) in [6.07, 6.45) is 1.47. The van der Waals surface area contributed by atoms with E-state index in [-0.39, 0.29) is 28.4 Å². The molecule has 16 heavy (non-hydrogen) atoms. The molecule has 0 aliphatic heterocycles. The van der Waals surface area contributed by atoms with Crippen molar-refractivity contribution in [3.05, 3.63) is 23.4 Å². The number of hydrogen-bond acceptors (Lipinski definition) is 3. The van der Waals surface area contributed by atoms with E-state index in [0.29, 0.717) is 0 Å². The molecular weight excluding hydrogens is 271 g/mol. The monoisotopic (exact) mass is 282 g/mol. The van der Waals surface area contributed by atoms with Crippen LogP contribution in [0.4, 0.5) is 5.82 Å². The van der Waals surface area contributed by atoms with Gasteiger partial charge in [0.2, 0.25) is 10.0 Å². The molecule has 0 amide bonds. The predicted molar refractivity (Wildman–Crippen MR) is 66.5 cm³/mol. The summed E-state index contributed by atoms with van der Waals surface area (Å²) < 4.78 is 25.6. The van der Waals surface area contributed by atoms with Gasteiger partial charge in [0.25, 0.3) is 0 Å². The maximum absolute atomic E-state index is 11.7. The van der Waals surface area contributed by atoms with Crippen molar-refractivity contribution in [1.29, 1.82) is 0 Å². The highest BCUT2D eigenvalue weighted by molar-refractivity contribution is 7.92. The summed E-state index contributed by atoms with van der Waals surface area (Å²) in [4.78, 5) is 3.84. The fourth-order valence-electron chi connectivity index (χ4n) is 1.07. The average Bonchev–Trinajstić information content (AvgIpc) is 2.20. The normalized spacial score (nSPS) is 13.4. The first-order valence-electron chi connectivity index (χ1n) is 4.61. The third-order valence-electron chi connectivity index (χ3n) is 1.78. The molecule has 1 aromatic rings. The number of sulfonamides is 1. The molecule has 90 valence electrons. The summed E-state index contributed by atoms with van der Waals surface area (Å²) in [5.41, 5.74) is 0. The van der Waals surface area contributed by atoms with Crippen molar-refractivity contribution < 1.29 is 8.42 Å². The molecule has 1 aromatic heterocycles. The van der Waals surface area contributed by atoms with E-state index >= 15 is 0 Å². The Morgan fingerprint density at radius 3 is 2.81 bits per heavy atom. The Morgan fingerprint density at radius 2 is 2.25 bits per heavy atom. The van der Waals surface area contributed by atoms with Crippen LogP contribution in [0.1, 0.15) is 6.92 Å². The Labute approximate surface area is 105 Å². The van der Waals surface area contributed by atoms with Gasteiger partial charge in [-0.1, -0.05) is 18.5 Å². The van der Waals surface area contributed by atoms with Crippen LogP contribution in [0.2, 0.25) is 5.02 Å². The smallest absolute Gasteiger partial charge is 0.234 e. The van der Waals surface area contributed by atoms with E-state index in [2.05, 4.69) is 9.71 Å². The van der Waals surface area contributed by atoms with Crippen LogP contribution in [0, 0.1) is 5.92 Å². The second kappa shape index (κ2) is 5.70. The Kier molecular flexibility index (Phi) is 4.83. The maximum Gasteiger partial charge on any atom is 0.234 e. The Bertz CT molecular complexity index is 451. The third kappa shape index (κ3) is 4.15. The van der Waals surface area contributed by atoms with E-state index in [1.165, 1.54) is 6.20 Å². The number of rotatable bonds is 5. The highest BCUT2D eigenvalue weighted by Crippen LogP contribution is 2.19. The summed E-state index contributed by atoms with van der Waals surface area (Å²) >= 11 is 11.3. The molecule has 0 spiro atoms. The number of hydrogen-bond donors (Lipinski definition) is 1. The Balaban J connectivity index is 2.77. The van der Waals surface area contributed by atoms with Crippen LogP contribution < -0.4 is 4.72 Å². The van der Waals surface area contributed by atoms with Gasteiger partial charge in [0.15, 0.2) is 5.82 Å². The number of nitrogens with zero attached hydrogens (tertiary/aromatic N) is 1. The summed E-state index contributed by atoms with van der Waals surface area (Å²) in [6, 6.07) is 3.19. The lowest BCUT2D eigenvalue weighted by Gasteiger charge is -2.11. The van der Waals surface area contributed by atoms with Crippen molar-refractivity contribution in [3.8, 4) is 0 Å². The zero-order chi connectivity index (χ0) is 12.2. The summed E-state index contributed by atoms with van der Waals surface area (Å²) in [5, 5.41) is 0.268. The SMILES string of the molecule is CC(CCl)CS(=O)(=O)Nc1ncccc1Cl. The number of pyridine rings is 1. The molecule has 0 aliphatic carbocycles. The van der Waals surface area contributed by atoms with Gasteiger partial charge in [-0.25, -0.2) is 13.4 Å². The highest BCUT2D eigenvalue weighted by Gasteiger charge is 2.16. The molecule has 4 nitrogen and oxygen atoms in total. The van der Waals surface area contributed by atoms with Gasteiger partial charge in [-0.2, -0.15) is 0 Å². The number of anilines is 1. The molecule has 0 bridgehead atoms. The first-order chi connectivity index (χ1) is 7.44. The predicted octanol–water partition coefficient (Wildman–Crippen LogP) is 2.35. The number of alkyl halides is 1. The van der Waals surface area contributed by atoms with E-state index in [9.17, 15) is 8.42 Å². The van der Waals surface area contributed by atoms with Gasteiger partial charge in [0.05, 0.1) is 10.8 Å². The van der Waals surface area contributed by atoms with E-state index < -0.39 is 10.0 Å². The van der Waals surface area contributed by atoms with Gasteiger partial charge < -0.3 is 0 Å². The van der Waals surface area contributed by atoms with Crippen molar-refractivity contribution in [2.75, 3.05) is 16.4 Å². The van der Waals surface area contributed by atoms with Crippen LogP contribution in [-0.2, 0) is 10.0 Å². The molecule has 0 saturated heterocycles. The van der Waals surface area contributed by atoms with Crippen molar-refractivity contribution in [1.82, 2.24) is 4.98 Å². The molecule has 1 N–H and O–H groups in total. The second-order valence-electron chi connectivity index (χ2n) is 3.48. The molecule has 0 radical (unpaired) electrons. The summed E-state index contributed by atoms with van der Waals surface area (Å²) in [5.74, 6) is 0.257. The fourth-order valence-corrected chi connectivity index (χ4v) is 2.94. The Morgan fingerprint density at radius 1 is 1.56 bits per heavy atom. The zero-order valence-electron chi connectivity index (χ0n) is 8.65. The first-order valence-corrected chi connectivity index (χ1v) is 7.18. The molecule has 1 unspecified atom stereocenters. The summed E-state index contributed by atoms with van der Waals surface area (Å²) in [7, 11) is -3.45. The molecule has 1 atom stereocenters. The highest BCUT2D eigenvalue weighted by atomic mass is 35.5. The van der Waals surface area contributed by atoms with E-state index in [1.54, 1.807) is 19.1 Å². The molecular formula is C9H12Cl2N2O2S. The van der Waals surface area contributed by atoms with Gasteiger partial charge in [-0.15, -0.1) is 11.6 Å². The maximum atomic E-state index is 11.7. The first kappa shape index (κ1) is 13.5. The fraction of sp³-hybridized carbons (Fsp3) is 0.444. The molecule has 7 heteroatoms. The summed E-state index contributed by atoms with van der Waals surface area (Å²) in [6.45, 7) is 1.76. The Hall–Kier alpha value is -0.520. The lowest BCUT2D eigenvalue weighted by Crippen LogP contribution is -2.22. The third-order valence-corrected chi connectivity index (χ3v) is 4.12. The largest absolute Gasteiger partial charge is 0.266 e. The van der Waals surface area contributed by atoms with Gasteiger partial charge in [-0.05, 0) is 18.1 Å². The minimum atomic E-state index is -3.45. The lowest BCUT2D eigenvalue weighted by atomic mass is 10.3. The molecule has 1 heterocycles. The van der Waals surface area contributed by atoms with Crippen molar-refractivity contribution in [3.63, 3.8) is 0 Å². The molecule has 1 rings (SSSR count). The van der Waals surface area contributed by atoms with Gasteiger partial charge in [0.1, 0.15) is 0 Å². The van der Waals surface area contributed by atoms with E-state index in [1.807, 2.05) is 0 Å². The number of nitrogens with one attached hydrogen (secondary N) is 1. The number of aromatic nitrogens is 1. The van der Waals surface area contributed by atoms with Crippen molar-refractivity contribution >= 4 is 39.0 Å². The van der Waals surface area contributed by atoms with Gasteiger partial charge in [0, 0.05) is 12.1 Å². The van der Waals surface area contributed by atoms with Crippen LogP contribution in [0.25, 0.3) is 0 Å². The molecule has 0 aliphatic rings. The zero-order valence-corrected chi connectivity index (χ0v) is 11.0. The topological polar surface area (TPSA) is 59.1 Å². The minimum absolute atomic E-state index is 0.0522. The quantitative estimate of drug-likeness (QED) is 0.844. The van der Waals surface area contributed by atoms with Crippen LogP contribution >= 0.6 is 23.2 Å². The van der Waals surface area contributed by atoms with Crippen molar-refractivity contribution in [2.24, 2.45) is 5.92 Å². The minimum Gasteiger partial charge on any atom is -0.266 e. The average molecular weight is 283 g/mol. The van der Waals surface area contributed by atoms with Crippen LogP contribution in [0.3, 0.4) is 0 Å². The van der Waals surface area contributed by atoms with E-state index in [0.717, 1.165) is 0 Å². The number of halogens is 2. The van der Waals surface area contributed by atoms with Crippen LogP contribution in [0.5, 0.6) is 0 Å². The lowest BCUT2D eigenvalue weighted by molar-refractivity contribution is 0.588. The van der Waals surface area contributed by atoms with E-state index in [4.69, 9.17) is 23.2 Å². The molecule has 0 saturated carbocycles. The van der Waals surface area contributed by atoms with Crippen LogP contribution in [0.15, 0.2) is 18.3 Å². The van der Waals surface area contributed by atoms with Crippen LogP contribution in [-0.4, -0.2) is 25.0 Å².